The first-order valence-corrected chi connectivity index (χ1v) is 7.33. The highest BCUT2D eigenvalue weighted by Crippen LogP contribution is 2.29. The lowest BCUT2D eigenvalue weighted by Gasteiger charge is -2.32. The monoisotopic (exact) mass is 300 g/mol. The highest BCUT2D eigenvalue weighted by atomic mass is 16.6. The van der Waals surface area contributed by atoms with E-state index in [1.165, 1.54) is 4.90 Å². The molecule has 116 valence electrons. The van der Waals surface area contributed by atoms with Crippen molar-refractivity contribution in [3.63, 3.8) is 0 Å². The van der Waals surface area contributed by atoms with Gasteiger partial charge in [0.15, 0.2) is 0 Å². The van der Waals surface area contributed by atoms with E-state index in [9.17, 15) is 9.59 Å². The zero-order valence-electron chi connectivity index (χ0n) is 13.1. The third-order valence-corrected chi connectivity index (χ3v) is 3.55. The number of benzene rings is 1. The molecule has 1 heterocycles. The molecule has 0 N–H and O–H groups in total. The molecule has 1 aromatic rings. The molecule has 0 spiro atoms. The molecule has 1 aromatic carbocycles. The Hall–Kier alpha value is -2.35. The summed E-state index contributed by atoms with van der Waals surface area (Å²) >= 11 is 0. The highest BCUT2D eigenvalue weighted by molar-refractivity contribution is 5.93. The summed E-state index contributed by atoms with van der Waals surface area (Å²) in [6.45, 7) is 5.69. The standard InChI is InChI=1S/C17H20N2O3/c1-17(2,3)22-16(21)19-9-8-14(10-15(19)20)13-6-4-12(11-18)5-7-13/h4-7,14H,8-10H2,1-3H3. The number of piperidine rings is 1. The number of ether oxygens (including phenoxy) is 1. The SMILES string of the molecule is CC(C)(C)OC(=O)N1CCC(c2ccc(C#N)cc2)CC1=O. The van der Waals surface area contributed by atoms with Crippen LogP contribution in [-0.2, 0) is 9.53 Å². The Morgan fingerprint density at radius 2 is 1.95 bits per heavy atom. The summed E-state index contributed by atoms with van der Waals surface area (Å²) < 4.78 is 5.25. The summed E-state index contributed by atoms with van der Waals surface area (Å²) in [5, 5.41) is 8.81. The summed E-state index contributed by atoms with van der Waals surface area (Å²) in [5.74, 6) is -0.131. The van der Waals surface area contributed by atoms with Crippen molar-refractivity contribution in [3.8, 4) is 6.07 Å². The summed E-state index contributed by atoms with van der Waals surface area (Å²) in [5.41, 5.74) is 1.01. The minimum Gasteiger partial charge on any atom is -0.443 e. The largest absolute Gasteiger partial charge is 0.443 e. The Morgan fingerprint density at radius 1 is 1.32 bits per heavy atom. The zero-order valence-corrected chi connectivity index (χ0v) is 13.1. The van der Waals surface area contributed by atoms with E-state index in [0.717, 1.165) is 5.56 Å². The van der Waals surface area contributed by atoms with E-state index in [4.69, 9.17) is 10.00 Å². The van der Waals surface area contributed by atoms with Crippen molar-refractivity contribution in [2.45, 2.75) is 45.1 Å². The van der Waals surface area contributed by atoms with Crippen molar-refractivity contribution >= 4 is 12.0 Å². The molecule has 2 amide bonds. The predicted molar refractivity (Wildman–Crippen MR) is 81.1 cm³/mol. The van der Waals surface area contributed by atoms with Crippen molar-refractivity contribution in [1.82, 2.24) is 4.90 Å². The molecule has 1 aliphatic rings. The fraction of sp³-hybridized carbons (Fsp3) is 0.471. The minimum atomic E-state index is -0.610. The normalized spacial score (nSPS) is 18.7. The molecule has 0 saturated carbocycles. The lowest BCUT2D eigenvalue weighted by molar-refractivity contribution is -0.132. The number of carbonyl (C=O) groups is 2. The van der Waals surface area contributed by atoms with Crippen LogP contribution in [0.4, 0.5) is 4.79 Å². The lowest BCUT2D eigenvalue weighted by atomic mass is 9.89. The third kappa shape index (κ3) is 3.85. The van der Waals surface area contributed by atoms with Gasteiger partial charge in [0, 0.05) is 13.0 Å². The fourth-order valence-corrected chi connectivity index (χ4v) is 2.46. The number of rotatable bonds is 1. The van der Waals surface area contributed by atoms with Crippen LogP contribution < -0.4 is 0 Å². The molecule has 5 heteroatoms. The van der Waals surface area contributed by atoms with E-state index in [1.807, 2.05) is 12.1 Å². The summed E-state index contributed by atoms with van der Waals surface area (Å²) in [6, 6.07) is 9.32. The molecule has 0 bridgehead atoms. The van der Waals surface area contributed by atoms with Crippen LogP contribution in [-0.4, -0.2) is 29.0 Å². The minimum absolute atomic E-state index is 0.0823. The second-order valence-electron chi connectivity index (χ2n) is 6.45. The van der Waals surface area contributed by atoms with Gasteiger partial charge in [-0.2, -0.15) is 5.26 Å². The van der Waals surface area contributed by atoms with E-state index in [2.05, 4.69) is 6.07 Å². The maximum atomic E-state index is 12.2. The van der Waals surface area contributed by atoms with E-state index >= 15 is 0 Å². The molecule has 2 rings (SSSR count). The Balaban J connectivity index is 2.02. The van der Waals surface area contributed by atoms with Crippen molar-refractivity contribution in [2.75, 3.05) is 6.54 Å². The van der Waals surface area contributed by atoms with Crippen LogP contribution in [0.3, 0.4) is 0 Å². The van der Waals surface area contributed by atoms with Crippen LogP contribution in [0.2, 0.25) is 0 Å². The molecule has 1 fully saturated rings. The topological polar surface area (TPSA) is 70.4 Å². The molecule has 0 aromatic heterocycles. The van der Waals surface area contributed by atoms with Gasteiger partial charge in [-0.3, -0.25) is 4.79 Å². The first-order valence-electron chi connectivity index (χ1n) is 7.33. The molecule has 0 radical (unpaired) electrons. The van der Waals surface area contributed by atoms with Gasteiger partial charge in [-0.05, 0) is 50.8 Å². The second-order valence-corrected chi connectivity index (χ2v) is 6.45. The maximum Gasteiger partial charge on any atom is 0.417 e. The molecular weight excluding hydrogens is 280 g/mol. The highest BCUT2D eigenvalue weighted by Gasteiger charge is 2.33. The van der Waals surface area contributed by atoms with Crippen LogP contribution in [0.25, 0.3) is 0 Å². The first-order chi connectivity index (χ1) is 10.3. The molecule has 1 atom stereocenters. The third-order valence-electron chi connectivity index (χ3n) is 3.55. The number of carbonyl (C=O) groups excluding carboxylic acids is 2. The lowest BCUT2D eigenvalue weighted by Crippen LogP contribution is -2.44. The smallest absolute Gasteiger partial charge is 0.417 e. The molecule has 22 heavy (non-hydrogen) atoms. The van der Waals surface area contributed by atoms with E-state index in [1.54, 1.807) is 32.9 Å². The van der Waals surface area contributed by atoms with Crippen LogP contribution in [0, 0.1) is 11.3 Å². The molecule has 0 aliphatic carbocycles. The van der Waals surface area contributed by atoms with Crippen molar-refractivity contribution < 1.29 is 14.3 Å². The van der Waals surface area contributed by atoms with Crippen molar-refractivity contribution in [2.24, 2.45) is 0 Å². The Kier molecular flexibility index (Phi) is 4.51. The first kappa shape index (κ1) is 16.0. The molecule has 1 saturated heterocycles. The summed E-state index contributed by atoms with van der Waals surface area (Å²) in [4.78, 5) is 25.4. The van der Waals surface area contributed by atoms with Gasteiger partial charge in [-0.15, -0.1) is 0 Å². The number of nitriles is 1. The molecule has 1 unspecified atom stereocenters. The number of nitrogens with zero attached hydrogens (tertiary/aromatic N) is 2. The number of likely N-dealkylation sites (tertiary alicyclic amines) is 1. The molecule has 1 aliphatic heterocycles. The van der Waals surface area contributed by atoms with Crippen molar-refractivity contribution in [3.05, 3.63) is 35.4 Å². The molecule has 5 nitrogen and oxygen atoms in total. The summed E-state index contributed by atoms with van der Waals surface area (Å²) in [7, 11) is 0. The maximum absolute atomic E-state index is 12.2. The van der Waals surface area contributed by atoms with Crippen LogP contribution in [0.15, 0.2) is 24.3 Å². The Labute approximate surface area is 130 Å². The van der Waals surface area contributed by atoms with Crippen molar-refractivity contribution in [1.29, 1.82) is 5.26 Å². The second kappa shape index (κ2) is 6.18. The van der Waals surface area contributed by atoms with Gasteiger partial charge in [0.05, 0.1) is 11.6 Å². The van der Waals surface area contributed by atoms with E-state index in [-0.39, 0.29) is 18.2 Å². The van der Waals surface area contributed by atoms with E-state index in [0.29, 0.717) is 18.5 Å². The van der Waals surface area contributed by atoms with Gasteiger partial charge < -0.3 is 4.74 Å². The van der Waals surface area contributed by atoms with E-state index < -0.39 is 11.7 Å². The number of imide groups is 1. The van der Waals surface area contributed by atoms with Crippen LogP contribution >= 0.6 is 0 Å². The fourth-order valence-electron chi connectivity index (χ4n) is 2.46. The van der Waals surface area contributed by atoms with Crippen LogP contribution in [0.5, 0.6) is 0 Å². The van der Waals surface area contributed by atoms with Gasteiger partial charge >= 0.3 is 6.09 Å². The zero-order chi connectivity index (χ0) is 16.3. The number of hydrogen-bond acceptors (Lipinski definition) is 4. The average Bonchev–Trinajstić information content (AvgIpc) is 2.45. The van der Waals surface area contributed by atoms with Crippen LogP contribution in [0.1, 0.15) is 50.7 Å². The predicted octanol–water partition coefficient (Wildman–Crippen LogP) is 3.20. The van der Waals surface area contributed by atoms with Gasteiger partial charge in [0.2, 0.25) is 5.91 Å². The van der Waals surface area contributed by atoms with Gasteiger partial charge in [0.25, 0.3) is 0 Å². The summed E-state index contributed by atoms with van der Waals surface area (Å²) in [6.07, 6.45) is 0.415. The number of amides is 2. The quantitative estimate of drug-likeness (QED) is 0.798. The Bertz CT molecular complexity index is 608. The van der Waals surface area contributed by atoms with Gasteiger partial charge in [-0.25, -0.2) is 9.69 Å². The average molecular weight is 300 g/mol. The molecular formula is C17H20N2O3. The Morgan fingerprint density at radius 3 is 2.45 bits per heavy atom. The van der Waals surface area contributed by atoms with Gasteiger partial charge in [-0.1, -0.05) is 12.1 Å². The number of hydrogen-bond donors (Lipinski definition) is 0. The van der Waals surface area contributed by atoms with Gasteiger partial charge in [0.1, 0.15) is 5.60 Å².